The van der Waals surface area contributed by atoms with Crippen LogP contribution in [0.15, 0.2) is 5.16 Å². The van der Waals surface area contributed by atoms with E-state index in [1.54, 1.807) is 0 Å². The summed E-state index contributed by atoms with van der Waals surface area (Å²) in [5, 5.41) is 17.4. The number of nitrogens with two attached hydrogens (primary N) is 1. The van der Waals surface area contributed by atoms with E-state index in [-0.39, 0.29) is 23.2 Å². The number of hydrogen-bond donors (Lipinski definition) is 3. The van der Waals surface area contributed by atoms with Crippen molar-refractivity contribution < 1.29 is 10.0 Å². The lowest BCUT2D eigenvalue weighted by Gasteiger charge is -2.60. The van der Waals surface area contributed by atoms with Crippen LogP contribution in [-0.4, -0.2) is 35.8 Å². The number of nitrogens with zero attached hydrogens (tertiary/aromatic N) is 1. The highest BCUT2D eigenvalue weighted by molar-refractivity contribution is 5.90. The molecule has 0 aliphatic heterocycles. The van der Waals surface area contributed by atoms with Gasteiger partial charge in [0.1, 0.15) is 5.78 Å². The Morgan fingerprint density at radius 2 is 2.00 bits per heavy atom. The average molecular weight is 412 g/mol. The third-order valence-corrected chi connectivity index (χ3v) is 9.13. The van der Waals surface area contributed by atoms with Crippen LogP contribution in [-0.2, 0) is 4.79 Å². The van der Waals surface area contributed by atoms with Crippen molar-refractivity contribution >= 4 is 23.9 Å². The zero-order valence-electron chi connectivity index (χ0n) is 17.5. The molecule has 0 heterocycles. The second-order valence-corrected chi connectivity index (χ2v) is 10.2. The van der Waals surface area contributed by atoms with E-state index in [1.165, 1.54) is 19.3 Å². The lowest BCUT2D eigenvalue weighted by molar-refractivity contribution is -0.133. The Balaban J connectivity index is 0.00000225. The largest absolute Gasteiger partial charge is 0.411 e. The fourth-order valence-corrected chi connectivity index (χ4v) is 7.54. The molecule has 0 radical (unpaired) electrons. The molecule has 0 aromatic carbocycles. The van der Waals surface area contributed by atoms with E-state index in [0.29, 0.717) is 35.5 Å². The number of carbonyl (C=O) groups is 1. The van der Waals surface area contributed by atoms with Gasteiger partial charge in [0.25, 0.3) is 0 Å². The Labute approximate surface area is 175 Å². The first-order valence-corrected chi connectivity index (χ1v) is 11.1. The molecule has 160 valence electrons. The van der Waals surface area contributed by atoms with E-state index < -0.39 is 0 Å². The van der Waals surface area contributed by atoms with Crippen LogP contribution in [0.5, 0.6) is 0 Å². The third-order valence-electron chi connectivity index (χ3n) is 9.13. The lowest BCUT2D eigenvalue weighted by atomic mass is 9.44. The molecule has 7 atom stereocenters. The van der Waals surface area contributed by atoms with Gasteiger partial charge in [0.2, 0.25) is 0 Å². The van der Waals surface area contributed by atoms with Gasteiger partial charge in [-0.2, -0.15) is 0 Å². The van der Waals surface area contributed by atoms with Gasteiger partial charge in [0.05, 0.1) is 5.71 Å². The minimum Gasteiger partial charge on any atom is -0.411 e. The minimum atomic E-state index is -0.119. The first-order valence-electron chi connectivity index (χ1n) is 11.1. The summed E-state index contributed by atoms with van der Waals surface area (Å²) in [6.45, 7) is 6.37. The smallest absolute Gasteiger partial charge is 0.139 e. The standard InChI is InChI=1S/C22H37N3O2.ClH/c1-21-8-6-14(24-11-3-10-23)12-18(21)19(25-27)13-15-16-4-5-20(26)22(16,2)9-7-17(15)21;/h14-18,24,27H,3-13,23H2,1-2H3;1H/b25-19-;/t14?,15-,16-,17+,18?,21+,22-;/m0./s1. The molecule has 4 saturated carbocycles. The van der Waals surface area contributed by atoms with Crippen molar-refractivity contribution in [3.05, 3.63) is 0 Å². The third kappa shape index (κ3) is 3.31. The predicted octanol–water partition coefficient (Wildman–Crippen LogP) is 3.77. The van der Waals surface area contributed by atoms with Crippen LogP contribution < -0.4 is 11.1 Å². The van der Waals surface area contributed by atoms with Crippen molar-refractivity contribution in [1.82, 2.24) is 5.32 Å². The summed E-state index contributed by atoms with van der Waals surface area (Å²) < 4.78 is 0. The molecule has 0 aromatic heterocycles. The van der Waals surface area contributed by atoms with E-state index in [1.807, 2.05) is 0 Å². The average Bonchev–Trinajstić information content (AvgIpc) is 2.96. The summed E-state index contributed by atoms with van der Waals surface area (Å²) in [5.41, 5.74) is 6.73. The molecule has 4 N–H and O–H groups in total. The Morgan fingerprint density at radius 3 is 2.71 bits per heavy atom. The highest BCUT2D eigenvalue weighted by atomic mass is 35.5. The first kappa shape index (κ1) is 22.0. The molecule has 0 spiro atoms. The number of rotatable bonds is 4. The van der Waals surface area contributed by atoms with Crippen LogP contribution in [0.1, 0.15) is 71.6 Å². The summed E-state index contributed by atoms with van der Waals surface area (Å²) >= 11 is 0. The zero-order chi connectivity index (χ0) is 19.2. The summed E-state index contributed by atoms with van der Waals surface area (Å²) in [7, 11) is 0. The molecule has 4 rings (SSSR count). The van der Waals surface area contributed by atoms with Gasteiger partial charge in [-0.1, -0.05) is 19.0 Å². The Hall–Kier alpha value is -0.650. The van der Waals surface area contributed by atoms with Crippen LogP contribution >= 0.6 is 12.4 Å². The van der Waals surface area contributed by atoms with Gasteiger partial charge in [0.15, 0.2) is 0 Å². The van der Waals surface area contributed by atoms with E-state index in [0.717, 1.165) is 57.3 Å². The Morgan fingerprint density at radius 1 is 1.21 bits per heavy atom. The Kier molecular flexibility index (Phi) is 6.48. The normalized spacial score (nSPS) is 46.5. The SMILES string of the molecule is C[C@]12CCC(NCCCN)CC1/C(=N\O)C[C@@H]1[C@H]2CC[C@]2(C)C(=O)CC[C@@H]12.Cl. The number of Topliss-reactive ketones (excluding diaryl/α,β-unsaturated/α-hetero) is 1. The Bertz CT molecular complexity index is 627. The van der Waals surface area contributed by atoms with Crippen LogP contribution in [0.25, 0.3) is 0 Å². The van der Waals surface area contributed by atoms with Crippen molar-refractivity contribution in [2.24, 2.45) is 45.4 Å². The molecule has 6 heteroatoms. The van der Waals surface area contributed by atoms with Crippen molar-refractivity contribution in [1.29, 1.82) is 0 Å². The quantitative estimate of drug-likeness (QED) is 0.373. The molecular weight excluding hydrogens is 374 g/mol. The van der Waals surface area contributed by atoms with Crippen LogP contribution in [0, 0.1) is 34.5 Å². The summed E-state index contributed by atoms with van der Waals surface area (Å²) in [6, 6.07) is 0.504. The molecular formula is C22H38ClN3O2. The van der Waals surface area contributed by atoms with Gasteiger partial charge in [-0.15, -0.1) is 12.4 Å². The van der Waals surface area contributed by atoms with Crippen LogP contribution in [0.4, 0.5) is 0 Å². The highest BCUT2D eigenvalue weighted by Crippen LogP contribution is 2.64. The van der Waals surface area contributed by atoms with E-state index in [4.69, 9.17) is 5.73 Å². The molecule has 0 bridgehead atoms. The van der Waals surface area contributed by atoms with Gasteiger partial charge < -0.3 is 16.3 Å². The summed E-state index contributed by atoms with van der Waals surface area (Å²) in [6.07, 6.45) is 9.38. The topological polar surface area (TPSA) is 87.7 Å². The second-order valence-electron chi connectivity index (χ2n) is 10.2. The fraction of sp³-hybridized carbons (Fsp3) is 0.909. The number of carbonyl (C=O) groups excluding carboxylic acids is 1. The molecule has 4 aliphatic carbocycles. The predicted molar refractivity (Wildman–Crippen MR) is 114 cm³/mol. The van der Waals surface area contributed by atoms with Crippen molar-refractivity contribution in [2.45, 2.75) is 77.7 Å². The fourth-order valence-electron chi connectivity index (χ4n) is 7.54. The highest BCUT2D eigenvalue weighted by Gasteiger charge is 2.61. The number of fused-ring (bicyclic) bond motifs is 5. The zero-order valence-corrected chi connectivity index (χ0v) is 18.3. The van der Waals surface area contributed by atoms with E-state index in [2.05, 4.69) is 24.3 Å². The maximum atomic E-state index is 12.6. The van der Waals surface area contributed by atoms with Crippen LogP contribution in [0.3, 0.4) is 0 Å². The second kappa shape index (κ2) is 8.23. The van der Waals surface area contributed by atoms with Gasteiger partial charge in [-0.25, -0.2) is 0 Å². The summed E-state index contributed by atoms with van der Waals surface area (Å²) in [5.74, 6) is 2.52. The molecule has 0 aromatic rings. The number of ketones is 1. The van der Waals surface area contributed by atoms with Crippen molar-refractivity contribution in [3.8, 4) is 0 Å². The first-order chi connectivity index (χ1) is 12.9. The van der Waals surface area contributed by atoms with Gasteiger partial charge >= 0.3 is 0 Å². The van der Waals surface area contributed by atoms with Gasteiger partial charge in [-0.05, 0) is 87.6 Å². The minimum absolute atomic E-state index is 0. The van der Waals surface area contributed by atoms with Crippen molar-refractivity contribution in [3.63, 3.8) is 0 Å². The van der Waals surface area contributed by atoms with E-state index in [9.17, 15) is 10.0 Å². The van der Waals surface area contributed by atoms with Gasteiger partial charge in [-0.3, -0.25) is 4.79 Å². The molecule has 4 fully saturated rings. The number of halogens is 1. The lowest BCUT2D eigenvalue weighted by Crippen LogP contribution is -2.58. The maximum absolute atomic E-state index is 12.6. The molecule has 2 unspecified atom stereocenters. The van der Waals surface area contributed by atoms with Gasteiger partial charge in [0, 0.05) is 23.8 Å². The summed E-state index contributed by atoms with van der Waals surface area (Å²) in [4.78, 5) is 12.6. The van der Waals surface area contributed by atoms with Crippen molar-refractivity contribution in [2.75, 3.05) is 13.1 Å². The number of oxime groups is 1. The monoisotopic (exact) mass is 411 g/mol. The maximum Gasteiger partial charge on any atom is 0.139 e. The molecule has 28 heavy (non-hydrogen) atoms. The number of nitrogens with one attached hydrogen (secondary N) is 1. The molecule has 0 saturated heterocycles. The molecule has 5 nitrogen and oxygen atoms in total. The number of hydrogen-bond acceptors (Lipinski definition) is 5. The molecule has 4 aliphatic rings. The van der Waals surface area contributed by atoms with E-state index >= 15 is 0 Å². The van der Waals surface area contributed by atoms with Crippen LogP contribution in [0.2, 0.25) is 0 Å². The molecule has 0 amide bonds.